The van der Waals surface area contributed by atoms with Crippen molar-refractivity contribution >= 4 is 5.69 Å². The first-order chi connectivity index (χ1) is 10.5. The molecule has 0 aliphatic carbocycles. The molecule has 6 heteroatoms. The van der Waals surface area contributed by atoms with Gasteiger partial charge in [-0.3, -0.25) is 10.1 Å². The largest absolute Gasteiger partial charge is 0.490 e. The van der Waals surface area contributed by atoms with E-state index in [0.717, 1.165) is 25.6 Å². The van der Waals surface area contributed by atoms with Crippen LogP contribution in [0, 0.1) is 16.0 Å². The average Bonchev–Trinajstić information content (AvgIpc) is 2.53. The van der Waals surface area contributed by atoms with Crippen molar-refractivity contribution in [2.45, 2.75) is 32.3 Å². The molecule has 6 nitrogen and oxygen atoms in total. The van der Waals surface area contributed by atoms with Crippen molar-refractivity contribution in [2.24, 2.45) is 5.92 Å². The molecule has 22 heavy (non-hydrogen) atoms. The molecule has 1 saturated heterocycles. The van der Waals surface area contributed by atoms with Crippen LogP contribution in [0.5, 0.6) is 5.75 Å². The second kappa shape index (κ2) is 7.56. The van der Waals surface area contributed by atoms with Crippen LogP contribution in [0.15, 0.2) is 18.2 Å². The Balaban J connectivity index is 1.96. The first-order valence-electron chi connectivity index (χ1n) is 7.74. The number of rotatable bonds is 6. The van der Waals surface area contributed by atoms with Crippen LogP contribution in [0.25, 0.3) is 0 Å². The molecule has 0 aromatic heterocycles. The molecule has 0 radical (unpaired) electrons. The van der Waals surface area contributed by atoms with Crippen LogP contribution >= 0.6 is 0 Å². The quantitative estimate of drug-likeness (QED) is 0.646. The Hall–Kier alpha value is -1.66. The van der Waals surface area contributed by atoms with E-state index in [-0.39, 0.29) is 11.4 Å². The lowest BCUT2D eigenvalue weighted by molar-refractivity contribution is -0.385. The maximum atomic E-state index is 11.0. The lowest BCUT2D eigenvalue weighted by atomic mass is 9.98. The molecule has 1 aromatic rings. The van der Waals surface area contributed by atoms with E-state index in [4.69, 9.17) is 4.74 Å². The topological polar surface area (TPSA) is 75.8 Å². The summed E-state index contributed by atoms with van der Waals surface area (Å²) in [7, 11) is 1.40. The maximum absolute atomic E-state index is 11.0. The van der Waals surface area contributed by atoms with Gasteiger partial charge in [-0.2, -0.15) is 0 Å². The first-order valence-corrected chi connectivity index (χ1v) is 7.74. The van der Waals surface area contributed by atoms with E-state index in [1.165, 1.54) is 26.0 Å². The summed E-state index contributed by atoms with van der Waals surface area (Å²) in [5.41, 5.74) is 0.462. The molecule has 1 aliphatic heterocycles. The standard InChI is InChI=1S/C16H24N2O4/c1-12-5-8-17(9-6-12)10-7-15(19)13-3-4-16(22-2)14(11-13)18(20)21/h3-4,11-12,15,19H,5-10H2,1-2H3. The van der Waals surface area contributed by atoms with Crippen LogP contribution in [0.4, 0.5) is 5.69 Å². The molecule has 1 aromatic carbocycles. The number of likely N-dealkylation sites (tertiary alicyclic amines) is 1. The number of hydrogen-bond acceptors (Lipinski definition) is 5. The minimum Gasteiger partial charge on any atom is -0.490 e. The van der Waals surface area contributed by atoms with Gasteiger partial charge < -0.3 is 14.7 Å². The Bertz CT molecular complexity index is 513. The molecule has 0 saturated carbocycles. The maximum Gasteiger partial charge on any atom is 0.311 e. The molecule has 1 N–H and O–H groups in total. The van der Waals surface area contributed by atoms with E-state index in [2.05, 4.69) is 11.8 Å². The Morgan fingerprint density at radius 2 is 2.14 bits per heavy atom. The minimum absolute atomic E-state index is 0.106. The van der Waals surface area contributed by atoms with Crippen molar-refractivity contribution in [1.29, 1.82) is 0 Å². The molecular formula is C16H24N2O4. The number of nitrogens with zero attached hydrogens (tertiary/aromatic N) is 2. The summed E-state index contributed by atoms with van der Waals surface area (Å²) >= 11 is 0. The zero-order chi connectivity index (χ0) is 16.1. The lowest BCUT2D eigenvalue weighted by Gasteiger charge is -2.30. The molecule has 1 aliphatic rings. The van der Waals surface area contributed by atoms with Gasteiger partial charge in [0.2, 0.25) is 0 Å². The number of nitro groups is 1. The highest BCUT2D eigenvalue weighted by molar-refractivity contribution is 5.49. The number of nitro benzene ring substituents is 1. The summed E-state index contributed by atoms with van der Waals surface area (Å²) < 4.78 is 4.98. The Morgan fingerprint density at radius 1 is 1.45 bits per heavy atom. The first kappa shape index (κ1) is 16.7. The van der Waals surface area contributed by atoms with Crippen LogP contribution in [0.2, 0.25) is 0 Å². The third kappa shape index (κ3) is 4.18. The highest BCUT2D eigenvalue weighted by Crippen LogP contribution is 2.31. The van der Waals surface area contributed by atoms with Gasteiger partial charge in [-0.15, -0.1) is 0 Å². The zero-order valence-electron chi connectivity index (χ0n) is 13.2. The Morgan fingerprint density at radius 3 is 2.73 bits per heavy atom. The van der Waals surface area contributed by atoms with Gasteiger partial charge in [0.15, 0.2) is 5.75 Å². The van der Waals surface area contributed by atoms with Crippen LogP contribution in [0.3, 0.4) is 0 Å². The summed E-state index contributed by atoms with van der Waals surface area (Å²) in [6, 6.07) is 4.63. The summed E-state index contributed by atoms with van der Waals surface area (Å²) in [6.07, 6.45) is 2.29. The summed E-state index contributed by atoms with van der Waals surface area (Å²) in [6.45, 7) is 5.21. The second-order valence-corrected chi connectivity index (χ2v) is 6.02. The molecule has 1 heterocycles. The van der Waals surface area contributed by atoms with Gasteiger partial charge in [-0.25, -0.2) is 0 Å². The highest BCUT2D eigenvalue weighted by Gasteiger charge is 2.20. The molecule has 0 spiro atoms. The van der Waals surface area contributed by atoms with E-state index in [1.54, 1.807) is 12.1 Å². The van der Waals surface area contributed by atoms with Gasteiger partial charge in [0.1, 0.15) is 0 Å². The number of methoxy groups -OCH3 is 1. The van der Waals surface area contributed by atoms with Gasteiger partial charge >= 0.3 is 5.69 Å². The van der Waals surface area contributed by atoms with Crippen molar-refractivity contribution in [2.75, 3.05) is 26.7 Å². The molecule has 1 fully saturated rings. The molecule has 1 atom stereocenters. The van der Waals surface area contributed by atoms with Gasteiger partial charge in [-0.1, -0.05) is 13.0 Å². The predicted octanol–water partition coefficient (Wildman–Crippen LogP) is 2.76. The molecular weight excluding hydrogens is 284 g/mol. The van der Waals surface area contributed by atoms with Crippen molar-refractivity contribution in [1.82, 2.24) is 4.90 Å². The number of benzene rings is 1. The van der Waals surface area contributed by atoms with Crippen LogP contribution < -0.4 is 4.74 Å². The monoisotopic (exact) mass is 308 g/mol. The van der Waals surface area contributed by atoms with Gasteiger partial charge in [0, 0.05) is 12.6 Å². The van der Waals surface area contributed by atoms with E-state index in [9.17, 15) is 15.2 Å². The Kier molecular flexibility index (Phi) is 5.74. The molecule has 0 bridgehead atoms. The van der Waals surface area contributed by atoms with E-state index < -0.39 is 11.0 Å². The normalized spacial score (nSPS) is 18.1. The van der Waals surface area contributed by atoms with Crippen molar-refractivity contribution in [3.63, 3.8) is 0 Å². The van der Waals surface area contributed by atoms with Crippen molar-refractivity contribution in [3.8, 4) is 5.75 Å². The van der Waals surface area contributed by atoms with E-state index >= 15 is 0 Å². The third-order valence-electron chi connectivity index (χ3n) is 4.38. The van der Waals surface area contributed by atoms with Crippen molar-refractivity contribution < 1.29 is 14.8 Å². The number of aliphatic hydroxyl groups is 1. The van der Waals surface area contributed by atoms with Crippen LogP contribution in [-0.2, 0) is 0 Å². The number of piperidine rings is 1. The third-order valence-corrected chi connectivity index (χ3v) is 4.38. The fraction of sp³-hybridized carbons (Fsp3) is 0.625. The van der Waals surface area contributed by atoms with Gasteiger partial charge in [-0.05, 0) is 49.9 Å². The van der Waals surface area contributed by atoms with Crippen LogP contribution in [0.1, 0.15) is 37.9 Å². The molecule has 122 valence electrons. The summed E-state index contributed by atoms with van der Waals surface area (Å²) in [5, 5.41) is 21.3. The summed E-state index contributed by atoms with van der Waals surface area (Å²) in [5.74, 6) is 0.997. The average molecular weight is 308 g/mol. The molecule has 2 rings (SSSR count). The van der Waals surface area contributed by atoms with E-state index in [0.29, 0.717) is 12.0 Å². The van der Waals surface area contributed by atoms with Crippen molar-refractivity contribution in [3.05, 3.63) is 33.9 Å². The SMILES string of the molecule is COc1ccc(C(O)CCN2CCC(C)CC2)cc1[N+](=O)[O-]. The zero-order valence-corrected chi connectivity index (χ0v) is 13.2. The smallest absolute Gasteiger partial charge is 0.311 e. The Labute approximate surface area is 130 Å². The molecule has 1 unspecified atom stereocenters. The highest BCUT2D eigenvalue weighted by atomic mass is 16.6. The minimum atomic E-state index is -0.691. The summed E-state index contributed by atoms with van der Waals surface area (Å²) in [4.78, 5) is 12.9. The second-order valence-electron chi connectivity index (χ2n) is 6.02. The fourth-order valence-electron chi connectivity index (χ4n) is 2.81. The number of ether oxygens (including phenoxy) is 1. The lowest BCUT2D eigenvalue weighted by Crippen LogP contribution is -2.34. The van der Waals surface area contributed by atoms with Crippen LogP contribution in [-0.4, -0.2) is 41.7 Å². The number of hydrogen-bond donors (Lipinski definition) is 1. The van der Waals surface area contributed by atoms with Gasteiger partial charge in [0.05, 0.1) is 18.1 Å². The fourth-order valence-corrected chi connectivity index (χ4v) is 2.81. The predicted molar refractivity (Wildman–Crippen MR) is 84.1 cm³/mol. The molecule has 0 amide bonds. The van der Waals surface area contributed by atoms with Gasteiger partial charge in [0.25, 0.3) is 0 Å². The van der Waals surface area contributed by atoms with E-state index in [1.807, 2.05) is 0 Å². The number of aliphatic hydroxyl groups excluding tert-OH is 1.